The molecule has 0 saturated carbocycles. The first-order valence-electron chi connectivity index (χ1n) is 5.36. The van der Waals surface area contributed by atoms with Crippen molar-refractivity contribution in [3.63, 3.8) is 0 Å². The summed E-state index contributed by atoms with van der Waals surface area (Å²) in [5, 5.41) is 9.59. The predicted molar refractivity (Wildman–Crippen MR) is 75.2 cm³/mol. The Morgan fingerprint density at radius 1 is 1.44 bits per heavy atom. The summed E-state index contributed by atoms with van der Waals surface area (Å²) < 4.78 is 27.1. The van der Waals surface area contributed by atoms with Crippen LogP contribution in [-0.2, 0) is 10.0 Å². The van der Waals surface area contributed by atoms with Gasteiger partial charge in [0.25, 0.3) is 0 Å². The molecule has 0 fully saturated rings. The smallest absolute Gasteiger partial charge is 0.240 e. The zero-order valence-corrected chi connectivity index (χ0v) is 13.2. The number of sulfonamides is 1. The van der Waals surface area contributed by atoms with Gasteiger partial charge in [0.15, 0.2) is 0 Å². The van der Waals surface area contributed by atoms with E-state index in [0.717, 1.165) is 0 Å². The quantitative estimate of drug-likeness (QED) is 0.851. The molecule has 0 aliphatic carbocycles. The fourth-order valence-electron chi connectivity index (χ4n) is 1.30. The maximum Gasteiger partial charge on any atom is 0.240 e. The Morgan fingerprint density at radius 3 is 2.50 bits per heavy atom. The Kier molecular flexibility index (Phi) is 5.61. The van der Waals surface area contributed by atoms with Crippen LogP contribution < -0.4 is 4.72 Å². The third kappa shape index (κ3) is 3.93. The molecule has 0 amide bonds. The third-order valence-electron chi connectivity index (χ3n) is 2.51. The molecule has 102 valence electrons. The summed E-state index contributed by atoms with van der Waals surface area (Å²) in [6.07, 6.45) is 0. The zero-order chi connectivity index (χ0) is 13.9. The molecule has 0 radical (unpaired) electrons. The molecule has 0 aromatic heterocycles. The normalized spacial score (nSPS) is 13.9. The summed E-state index contributed by atoms with van der Waals surface area (Å²) in [4.78, 5) is 0.109. The van der Waals surface area contributed by atoms with Gasteiger partial charge in [0, 0.05) is 10.5 Å². The van der Waals surface area contributed by atoms with Gasteiger partial charge in [-0.2, -0.15) is 0 Å². The lowest BCUT2D eigenvalue weighted by Gasteiger charge is -2.19. The Hall–Kier alpha value is -0.140. The molecule has 0 saturated heterocycles. The molecule has 4 nitrogen and oxygen atoms in total. The van der Waals surface area contributed by atoms with E-state index in [-0.39, 0.29) is 17.4 Å². The van der Waals surface area contributed by atoms with Crippen molar-refractivity contribution in [1.82, 2.24) is 4.72 Å². The minimum absolute atomic E-state index is 0.000478. The molecule has 18 heavy (non-hydrogen) atoms. The summed E-state index contributed by atoms with van der Waals surface area (Å²) in [6.45, 7) is 3.42. The lowest BCUT2D eigenvalue weighted by molar-refractivity contribution is 0.227. The van der Waals surface area contributed by atoms with Gasteiger partial charge in [-0.25, -0.2) is 13.1 Å². The van der Waals surface area contributed by atoms with E-state index < -0.39 is 16.1 Å². The number of hydrogen-bond acceptors (Lipinski definition) is 3. The van der Waals surface area contributed by atoms with Gasteiger partial charge >= 0.3 is 0 Å². The fraction of sp³-hybridized carbons (Fsp3) is 0.455. The summed E-state index contributed by atoms with van der Waals surface area (Å²) in [5.41, 5.74) is 0. The standard InChI is InChI=1S/C11H15BrClNO3S/c1-7(2)11(6-15)14-18(16,17)8-3-4-10(13)9(12)5-8/h3-5,7,11,14-15H,6H2,1-2H3. The molecule has 2 N–H and O–H groups in total. The number of aliphatic hydroxyl groups is 1. The van der Waals surface area contributed by atoms with Crippen LogP contribution in [0.25, 0.3) is 0 Å². The number of benzene rings is 1. The zero-order valence-electron chi connectivity index (χ0n) is 10.0. The highest BCUT2D eigenvalue weighted by Crippen LogP contribution is 2.25. The number of hydrogen-bond donors (Lipinski definition) is 2. The lowest BCUT2D eigenvalue weighted by Crippen LogP contribution is -2.41. The van der Waals surface area contributed by atoms with E-state index in [4.69, 9.17) is 16.7 Å². The second kappa shape index (κ2) is 6.34. The van der Waals surface area contributed by atoms with Gasteiger partial charge in [0.1, 0.15) is 0 Å². The largest absolute Gasteiger partial charge is 0.395 e. The van der Waals surface area contributed by atoms with Gasteiger partial charge in [0.05, 0.1) is 16.5 Å². The van der Waals surface area contributed by atoms with Crippen molar-refractivity contribution >= 4 is 37.6 Å². The summed E-state index contributed by atoms with van der Waals surface area (Å²) in [7, 11) is -3.65. The molecule has 1 atom stereocenters. The average Bonchev–Trinajstić information content (AvgIpc) is 2.29. The average molecular weight is 357 g/mol. The second-order valence-corrected chi connectivity index (χ2v) is 7.21. The monoisotopic (exact) mass is 355 g/mol. The maximum absolute atomic E-state index is 12.1. The Bertz CT molecular complexity index is 519. The van der Waals surface area contributed by atoms with Gasteiger partial charge in [-0.05, 0) is 40.0 Å². The van der Waals surface area contributed by atoms with Crippen molar-refractivity contribution < 1.29 is 13.5 Å². The highest BCUT2D eigenvalue weighted by molar-refractivity contribution is 9.10. The Labute approximate surface area is 121 Å². The van der Waals surface area contributed by atoms with Crippen LogP contribution in [0.3, 0.4) is 0 Å². The van der Waals surface area contributed by atoms with E-state index in [0.29, 0.717) is 9.50 Å². The number of aliphatic hydroxyl groups excluding tert-OH is 1. The van der Waals surface area contributed by atoms with E-state index in [9.17, 15) is 8.42 Å². The topological polar surface area (TPSA) is 66.4 Å². The van der Waals surface area contributed by atoms with Crippen molar-refractivity contribution in [3.8, 4) is 0 Å². The predicted octanol–water partition coefficient (Wildman–Crippen LogP) is 2.40. The SMILES string of the molecule is CC(C)C(CO)NS(=O)(=O)c1ccc(Cl)c(Br)c1. The van der Waals surface area contributed by atoms with Gasteiger partial charge in [0.2, 0.25) is 10.0 Å². The first-order valence-corrected chi connectivity index (χ1v) is 8.01. The van der Waals surface area contributed by atoms with E-state index in [1.165, 1.54) is 18.2 Å². The third-order valence-corrected chi connectivity index (χ3v) is 5.21. The molecule has 1 unspecified atom stereocenters. The summed E-state index contributed by atoms with van der Waals surface area (Å²) in [6, 6.07) is 3.84. The van der Waals surface area contributed by atoms with Crippen LogP contribution in [-0.4, -0.2) is 26.2 Å². The maximum atomic E-state index is 12.1. The molecule has 0 spiro atoms. The van der Waals surface area contributed by atoms with Crippen LogP contribution in [0.1, 0.15) is 13.8 Å². The van der Waals surface area contributed by atoms with Gasteiger partial charge in [-0.3, -0.25) is 0 Å². The van der Waals surface area contributed by atoms with Crippen LogP contribution in [0, 0.1) is 5.92 Å². The van der Waals surface area contributed by atoms with Crippen LogP contribution in [0.4, 0.5) is 0 Å². The van der Waals surface area contributed by atoms with E-state index in [1.54, 1.807) is 0 Å². The molecule has 1 aromatic rings. The molecule has 7 heteroatoms. The van der Waals surface area contributed by atoms with Crippen molar-refractivity contribution in [3.05, 3.63) is 27.7 Å². The summed E-state index contributed by atoms with van der Waals surface area (Å²) >= 11 is 8.99. The van der Waals surface area contributed by atoms with Crippen LogP contribution in [0.15, 0.2) is 27.6 Å². The molecule has 1 rings (SSSR count). The number of nitrogens with one attached hydrogen (secondary N) is 1. The molecule has 0 heterocycles. The van der Waals surface area contributed by atoms with Crippen molar-refractivity contribution in [2.24, 2.45) is 5.92 Å². The van der Waals surface area contributed by atoms with Crippen molar-refractivity contribution in [2.75, 3.05) is 6.61 Å². The number of rotatable bonds is 5. The fourth-order valence-corrected chi connectivity index (χ4v) is 3.34. The van der Waals surface area contributed by atoms with Crippen LogP contribution in [0.5, 0.6) is 0 Å². The molecule has 0 aliphatic heterocycles. The van der Waals surface area contributed by atoms with Gasteiger partial charge < -0.3 is 5.11 Å². The highest BCUT2D eigenvalue weighted by Gasteiger charge is 2.22. The van der Waals surface area contributed by atoms with Crippen LogP contribution in [0.2, 0.25) is 5.02 Å². The number of halogens is 2. The van der Waals surface area contributed by atoms with E-state index in [1.807, 2.05) is 13.8 Å². The molecule has 0 bridgehead atoms. The van der Waals surface area contributed by atoms with Crippen LogP contribution >= 0.6 is 27.5 Å². The summed E-state index contributed by atoms with van der Waals surface area (Å²) in [5.74, 6) is 0.000478. The van der Waals surface area contributed by atoms with E-state index >= 15 is 0 Å². The minimum atomic E-state index is -3.65. The molecular weight excluding hydrogens is 342 g/mol. The van der Waals surface area contributed by atoms with E-state index in [2.05, 4.69) is 20.7 Å². The lowest BCUT2D eigenvalue weighted by atomic mass is 10.1. The molecule has 1 aromatic carbocycles. The second-order valence-electron chi connectivity index (χ2n) is 4.23. The van der Waals surface area contributed by atoms with Gasteiger partial charge in [-0.15, -0.1) is 0 Å². The van der Waals surface area contributed by atoms with Crippen molar-refractivity contribution in [1.29, 1.82) is 0 Å². The molecular formula is C11H15BrClNO3S. The Morgan fingerprint density at radius 2 is 2.06 bits per heavy atom. The van der Waals surface area contributed by atoms with Crippen molar-refractivity contribution in [2.45, 2.75) is 24.8 Å². The first kappa shape index (κ1) is 15.9. The molecule has 0 aliphatic rings. The Balaban J connectivity index is 3.02. The van der Waals surface area contributed by atoms with Gasteiger partial charge in [-0.1, -0.05) is 25.4 Å². The first-order chi connectivity index (χ1) is 8.27. The minimum Gasteiger partial charge on any atom is -0.395 e. The highest BCUT2D eigenvalue weighted by atomic mass is 79.9.